The van der Waals surface area contributed by atoms with Gasteiger partial charge in [0.25, 0.3) is 0 Å². The molecule has 4 aromatic heterocycles. The van der Waals surface area contributed by atoms with Crippen LogP contribution in [0.4, 0.5) is 11.6 Å². The number of fused-ring (bicyclic) bond motifs is 2. The van der Waals surface area contributed by atoms with Gasteiger partial charge in [-0.2, -0.15) is 4.52 Å². The van der Waals surface area contributed by atoms with Gasteiger partial charge < -0.3 is 9.80 Å². The van der Waals surface area contributed by atoms with Crippen LogP contribution >= 0.6 is 0 Å². The van der Waals surface area contributed by atoms with E-state index in [1.165, 1.54) is 5.56 Å². The van der Waals surface area contributed by atoms with E-state index in [0.29, 0.717) is 0 Å². The fraction of sp³-hybridized carbons (Fsp3) is 0.318. The highest BCUT2D eigenvalue weighted by atomic mass is 15.4. The van der Waals surface area contributed by atoms with Gasteiger partial charge >= 0.3 is 0 Å². The predicted octanol–water partition coefficient (Wildman–Crippen LogP) is 2.83. The predicted molar refractivity (Wildman–Crippen MR) is 117 cm³/mol. The van der Waals surface area contributed by atoms with Crippen molar-refractivity contribution in [1.82, 2.24) is 29.8 Å². The lowest BCUT2D eigenvalue weighted by molar-refractivity contribution is 0.688. The summed E-state index contributed by atoms with van der Waals surface area (Å²) in [6.07, 6.45) is 6.42. The second-order valence-electron chi connectivity index (χ2n) is 7.97. The Hall–Kier alpha value is -3.55. The molecule has 152 valence electrons. The van der Waals surface area contributed by atoms with Gasteiger partial charge in [0, 0.05) is 73.9 Å². The molecule has 0 atom stereocenters. The van der Waals surface area contributed by atoms with Crippen molar-refractivity contribution in [2.75, 3.05) is 30.4 Å². The molecular weight excluding hydrogens is 376 g/mol. The first-order valence-electron chi connectivity index (χ1n) is 10.0. The molecule has 0 fully saturated rings. The number of hydrogen-bond donors (Lipinski definition) is 0. The van der Waals surface area contributed by atoms with Crippen LogP contribution in [0.3, 0.4) is 0 Å². The van der Waals surface area contributed by atoms with Gasteiger partial charge in [0.05, 0.1) is 0 Å². The standard InChI is InChI=1S/C22H24N8/c1-14-15(2)22(27-30-13-25-26-21(14)30)29-8-7-19-18(12-29)9-17(11-23-19)16-5-6-20(24-10-16)28(3)4/h5-6,9-11,13H,7-8,12H2,1-4H3. The third kappa shape index (κ3) is 3.04. The minimum Gasteiger partial charge on any atom is -0.363 e. The molecule has 0 aromatic carbocycles. The highest BCUT2D eigenvalue weighted by Gasteiger charge is 2.22. The van der Waals surface area contributed by atoms with E-state index >= 15 is 0 Å². The van der Waals surface area contributed by atoms with Gasteiger partial charge in [-0.1, -0.05) is 0 Å². The maximum atomic E-state index is 4.78. The normalized spacial score (nSPS) is 13.5. The second-order valence-corrected chi connectivity index (χ2v) is 7.97. The Kier molecular flexibility index (Phi) is 4.34. The van der Waals surface area contributed by atoms with Gasteiger partial charge in [-0.3, -0.25) is 4.98 Å². The SMILES string of the molecule is Cc1c(N2CCc3ncc(-c4ccc(N(C)C)nc4)cc3C2)nn2cnnc2c1C. The molecule has 0 amide bonds. The molecule has 0 spiro atoms. The highest BCUT2D eigenvalue weighted by Crippen LogP contribution is 2.29. The zero-order chi connectivity index (χ0) is 20.8. The van der Waals surface area contributed by atoms with Crippen LogP contribution in [-0.4, -0.2) is 50.4 Å². The topological polar surface area (TPSA) is 75.3 Å². The van der Waals surface area contributed by atoms with Crippen LogP contribution in [0.15, 0.2) is 36.9 Å². The Balaban J connectivity index is 1.48. The number of pyridine rings is 2. The van der Waals surface area contributed by atoms with E-state index in [4.69, 9.17) is 10.1 Å². The fourth-order valence-electron chi connectivity index (χ4n) is 3.95. The smallest absolute Gasteiger partial charge is 0.180 e. The van der Waals surface area contributed by atoms with Crippen LogP contribution in [0.1, 0.15) is 22.4 Å². The summed E-state index contributed by atoms with van der Waals surface area (Å²) in [5.41, 5.74) is 7.62. The molecule has 5 rings (SSSR count). The fourth-order valence-corrected chi connectivity index (χ4v) is 3.95. The Labute approximate surface area is 175 Å². The molecular formula is C22H24N8. The first-order chi connectivity index (χ1) is 14.5. The lowest BCUT2D eigenvalue weighted by atomic mass is 10.0. The van der Waals surface area contributed by atoms with Gasteiger partial charge in [-0.25, -0.2) is 4.98 Å². The number of hydrogen-bond acceptors (Lipinski definition) is 7. The van der Waals surface area contributed by atoms with Gasteiger partial charge in [0.15, 0.2) is 11.5 Å². The van der Waals surface area contributed by atoms with Crippen molar-refractivity contribution in [3.8, 4) is 11.1 Å². The molecule has 0 saturated carbocycles. The highest BCUT2D eigenvalue weighted by molar-refractivity contribution is 5.65. The van der Waals surface area contributed by atoms with Gasteiger partial charge in [-0.05, 0) is 37.6 Å². The van der Waals surface area contributed by atoms with Crippen molar-refractivity contribution >= 4 is 17.3 Å². The van der Waals surface area contributed by atoms with E-state index < -0.39 is 0 Å². The van der Waals surface area contributed by atoms with E-state index in [0.717, 1.165) is 64.7 Å². The van der Waals surface area contributed by atoms with Crippen molar-refractivity contribution in [3.63, 3.8) is 0 Å². The average molecular weight is 400 g/mol. The third-order valence-electron chi connectivity index (χ3n) is 5.84. The van der Waals surface area contributed by atoms with Crippen molar-refractivity contribution < 1.29 is 0 Å². The molecule has 8 heteroatoms. The van der Waals surface area contributed by atoms with Crippen LogP contribution in [-0.2, 0) is 13.0 Å². The summed E-state index contributed by atoms with van der Waals surface area (Å²) in [6.45, 7) is 5.85. The van der Waals surface area contributed by atoms with E-state index in [2.05, 4.69) is 46.1 Å². The van der Waals surface area contributed by atoms with Crippen LogP contribution < -0.4 is 9.80 Å². The summed E-state index contributed by atoms with van der Waals surface area (Å²) in [5, 5.41) is 13.0. The molecule has 0 radical (unpaired) electrons. The molecule has 0 N–H and O–H groups in total. The number of rotatable bonds is 3. The zero-order valence-corrected chi connectivity index (χ0v) is 17.7. The summed E-state index contributed by atoms with van der Waals surface area (Å²) in [7, 11) is 3.98. The summed E-state index contributed by atoms with van der Waals surface area (Å²) in [5.74, 6) is 1.92. The molecule has 0 bridgehead atoms. The number of nitrogens with zero attached hydrogens (tertiary/aromatic N) is 8. The van der Waals surface area contributed by atoms with Crippen molar-refractivity contribution in [1.29, 1.82) is 0 Å². The number of aromatic nitrogens is 6. The minimum absolute atomic E-state index is 0.778. The van der Waals surface area contributed by atoms with Crippen LogP contribution in [0.2, 0.25) is 0 Å². The lowest BCUT2D eigenvalue weighted by Crippen LogP contribution is -2.32. The summed E-state index contributed by atoms with van der Waals surface area (Å²) >= 11 is 0. The van der Waals surface area contributed by atoms with Gasteiger partial charge in [-0.15, -0.1) is 15.3 Å². The zero-order valence-electron chi connectivity index (χ0n) is 17.7. The molecule has 4 aromatic rings. The monoisotopic (exact) mass is 400 g/mol. The Bertz CT molecular complexity index is 1230. The molecule has 1 aliphatic heterocycles. The van der Waals surface area contributed by atoms with E-state index in [-0.39, 0.29) is 0 Å². The van der Waals surface area contributed by atoms with Gasteiger partial charge in [0.2, 0.25) is 0 Å². The first-order valence-corrected chi connectivity index (χ1v) is 10.0. The Morgan fingerprint density at radius 2 is 1.83 bits per heavy atom. The van der Waals surface area contributed by atoms with Crippen LogP contribution in [0.25, 0.3) is 16.8 Å². The van der Waals surface area contributed by atoms with Crippen molar-refractivity contribution in [3.05, 3.63) is 59.3 Å². The molecule has 0 saturated heterocycles. The second kappa shape index (κ2) is 7.05. The first kappa shape index (κ1) is 18.5. The Morgan fingerprint density at radius 1 is 1.00 bits per heavy atom. The maximum Gasteiger partial charge on any atom is 0.180 e. The molecule has 8 nitrogen and oxygen atoms in total. The molecule has 5 heterocycles. The third-order valence-corrected chi connectivity index (χ3v) is 5.84. The average Bonchev–Trinajstić information content (AvgIpc) is 3.24. The minimum atomic E-state index is 0.778. The Morgan fingerprint density at radius 3 is 2.60 bits per heavy atom. The maximum absolute atomic E-state index is 4.78. The van der Waals surface area contributed by atoms with Crippen molar-refractivity contribution in [2.24, 2.45) is 0 Å². The lowest BCUT2D eigenvalue weighted by Gasteiger charge is -2.30. The van der Waals surface area contributed by atoms with Gasteiger partial charge in [0.1, 0.15) is 12.1 Å². The van der Waals surface area contributed by atoms with E-state index in [1.54, 1.807) is 10.8 Å². The molecule has 30 heavy (non-hydrogen) atoms. The molecule has 0 aliphatic carbocycles. The van der Waals surface area contributed by atoms with Crippen LogP contribution in [0, 0.1) is 13.8 Å². The largest absolute Gasteiger partial charge is 0.363 e. The quantitative estimate of drug-likeness (QED) is 0.523. The van der Waals surface area contributed by atoms with Crippen molar-refractivity contribution in [2.45, 2.75) is 26.8 Å². The van der Waals surface area contributed by atoms with Crippen LogP contribution in [0.5, 0.6) is 0 Å². The summed E-state index contributed by atoms with van der Waals surface area (Å²) < 4.78 is 1.76. The van der Waals surface area contributed by atoms with E-state index in [9.17, 15) is 0 Å². The molecule has 1 aliphatic rings. The number of anilines is 2. The summed E-state index contributed by atoms with van der Waals surface area (Å²) in [4.78, 5) is 13.6. The summed E-state index contributed by atoms with van der Waals surface area (Å²) in [6, 6.07) is 6.37. The van der Waals surface area contributed by atoms with E-state index in [1.807, 2.05) is 37.5 Å². The number of aryl methyl sites for hydroxylation is 1. The molecule has 0 unspecified atom stereocenters.